The normalized spacial score (nSPS) is 11.6. The van der Waals surface area contributed by atoms with Gasteiger partial charge < -0.3 is 0 Å². The first-order valence-corrected chi connectivity index (χ1v) is 10.2. The molecule has 2 heterocycles. The standard InChI is InChI=1S/C22H23N7S/c1-22(2,3)29-20(23-19(26-29)12-13-30)14-15-8-10-16(11-9-15)17-6-4-5-7-18(17)21-24-27-28-25-21/h4-11,13H,12,14H2,1-3H3,(H,24,25,27,28). The molecule has 8 heteroatoms. The Balaban J connectivity index is 1.63. The molecule has 1 N–H and O–H groups in total. The van der Waals surface area contributed by atoms with E-state index in [1.165, 1.54) is 5.56 Å². The van der Waals surface area contributed by atoms with Crippen molar-refractivity contribution >= 4 is 17.6 Å². The maximum atomic E-state index is 4.98. The molecule has 0 unspecified atom stereocenters. The molecule has 2 aromatic heterocycles. The Kier molecular flexibility index (Phi) is 5.50. The van der Waals surface area contributed by atoms with E-state index in [1.807, 2.05) is 22.9 Å². The summed E-state index contributed by atoms with van der Waals surface area (Å²) < 4.78 is 2.00. The molecule has 0 fully saturated rings. The zero-order valence-electron chi connectivity index (χ0n) is 17.2. The van der Waals surface area contributed by atoms with Crippen LogP contribution in [0.5, 0.6) is 0 Å². The van der Waals surface area contributed by atoms with Crippen molar-refractivity contribution in [3.8, 4) is 22.5 Å². The van der Waals surface area contributed by atoms with Crippen LogP contribution in [-0.4, -0.2) is 40.8 Å². The van der Waals surface area contributed by atoms with Gasteiger partial charge in [-0.2, -0.15) is 10.3 Å². The molecule has 0 atom stereocenters. The average Bonchev–Trinajstić information content (AvgIpc) is 3.39. The Morgan fingerprint density at radius 1 is 1.03 bits per heavy atom. The van der Waals surface area contributed by atoms with Crippen LogP contribution in [0.3, 0.4) is 0 Å². The minimum atomic E-state index is -0.147. The summed E-state index contributed by atoms with van der Waals surface area (Å²) in [5, 5.41) is 20.8. The lowest BCUT2D eigenvalue weighted by molar-refractivity contribution is 0.342. The Morgan fingerprint density at radius 2 is 1.77 bits per heavy atom. The molecular weight excluding hydrogens is 394 g/mol. The summed E-state index contributed by atoms with van der Waals surface area (Å²) in [6, 6.07) is 16.5. The van der Waals surface area contributed by atoms with Gasteiger partial charge in [-0.1, -0.05) is 60.7 Å². The molecule has 0 spiro atoms. The third kappa shape index (κ3) is 4.18. The van der Waals surface area contributed by atoms with E-state index >= 15 is 0 Å². The molecule has 0 aliphatic heterocycles. The molecule has 2 aromatic carbocycles. The number of nitrogens with zero attached hydrogens (tertiary/aromatic N) is 6. The van der Waals surface area contributed by atoms with Crippen LogP contribution >= 0.6 is 12.2 Å². The topological polar surface area (TPSA) is 85.2 Å². The molecule has 0 radical (unpaired) electrons. The molecule has 0 saturated heterocycles. The average molecular weight is 418 g/mol. The number of benzene rings is 2. The molecule has 7 nitrogen and oxygen atoms in total. The fraction of sp³-hybridized carbons (Fsp3) is 0.273. The molecule has 0 amide bonds. The van der Waals surface area contributed by atoms with E-state index in [-0.39, 0.29) is 5.54 Å². The van der Waals surface area contributed by atoms with Gasteiger partial charge in [0, 0.05) is 18.4 Å². The molecule has 30 heavy (non-hydrogen) atoms. The summed E-state index contributed by atoms with van der Waals surface area (Å²) in [7, 11) is 0. The Labute approximate surface area is 180 Å². The van der Waals surface area contributed by atoms with Crippen molar-refractivity contribution in [2.24, 2.45) is 0 Å². The summed E-state index contributed by atoms with van der Waals surface area (Å²) in [6.07, 6.45) is 1.30. The van der Waals surface area contributed by atoms with E-state index in [2.05, 4.69) is 76.8 Å². The third-order valence-electron chi connectivity index (χ3n) is 4.76. The van der Waals surface area contributed by atoms with Gasteiger partial charge in [0.25, 0.3) is 0 Å². The van der Waals surface area contributed by atoms with E-state index in [0.717, 1.165) is 28.3 Å². The third-order valence-corrected chi connectivity index (χ3v) is 4.93. The monoisotopic (exact) mass is 417 g/mol. The van der Waals surface area contributed by atoms with E-state index < -0.39 is 0 Å². The van der Waals surface area contributed by atoms with Gasteiger partial charge in [0.2, 0.25) is 5.82 Å². The lowest BCUT2D eigenvalue weighted by Crippen LogP contribution is -2.25. The van der Waals surface area contributed by atoms with Gasteiger partial charge in [-0.3, -0.25) is 0 Å². The largest absolute Gasteiger partial charge is 0.244 e. The second-order valence-electron chi connectivity index (χ2n) is 8.05. The van der Waals surface area contributed by atoms with Gasteiger partial charge in [-0.05, 0) is 48.0 Å². The maximum Gasteiger partial charge on any atom is 0.205 e. The van der Waals surface area contributed by atoms with Crippen LogP contribution in [0.1, 0.15) is 38.0 Å². The molecule has 0 bridgehead atoms. The van der Waals surface area contributed by atoms with Crippen LogP contribution < -0.4 is 0 Å². The highest BCUT2D eigenvalue weighted by atomic mass is 32.1. The summed E-state index contributed by atoms with van der Waals surface area (Å²) in [5.41, 5.74) is 4.12. The van der Waals surface area contributed by atoms with Gasteiger partial charge in [0.15, 0.2) is 5.82 Å². The molecular formula is C22H23N7S. The summed E-state index contributed by atoms with van der Waals surface area (Å²) in [4.78, 5) is 4.72. The fourth-order valence-corrected chi connectivity index (χ4v) is 3.54. The first-order chi connectivity index (χ1) is 14.5. The Bertz CT molecular complexity index is 1140. The van der Waals surface area contributed by atoms with Gasteiger partial charge >= 0.3 is 0 Å². The molecule has 0 saturated carbocycles. The minimum absolute atomic E-state index is 0.147. The van der Waals surface area contributed by atoms with Crippen molar-refractivity contribution in [2.75, 3.05) is 0 Å². The zero-order chi connectivity index (χ0) is 21.1. The van der Waals surface area contributed by atoms with E-state index in [1.54, 1.807) is 5.37 Å². The van der Waals surface area contributed by atoms with Crippen LogP contribution in [0.15, 0.2) is 48.5 Å². The zero-order valence-corrected chi connectivity index (χ0v) is 18.0. The van der Waals surface area contributed by atoms with Crippen LogP contribution in [0.4, 0.5) is 0 Å². The predicted molar refractivity (Wildman–Crippen MR) is 120 cm³/mol. The van der Waals surface area contributed by atoms with Crippen molar-refractivity contribution in [2.45, 2.75) is 39.2 Å². The number of tetrazole rings is 1. The second-order valence-corrected chi connectivity index (χ2v) is 8.39. The van der Waals surface area contributed by atoms with Crippen molar-refractivity contribution < 1.29 is 0 Å². The van der Waals surface area contributed by atoms with E-state index in [9.17, 15) is 0 Å². The van der Waals surface area contributed by atoms with Crippen molar-refractivity contribution in [3.05, 3.63) is 65.7 Å². The van der Waals surface area contributed by atoms with Crippen molar-refractivity contribution in [1.29, 1.82) is 0 Å². The first-order valence-electron chi connectivity index (χ1n) is 9.77. The Hall–Kier alpha value is -3.26. The smallest absolute Gasteiger partial charge is 0.205 e. The minimum Gasteiger partial charge on any atom is -0.244 e. The van der Waals surface area contributed by atoms with E-state index in [4.69, 9.17) is 17.2 Å². The van der Waals surface area contributed by atoms with Crippen LogP contribution in [0, 0.1) is 0 Å². The summed E-state index contributed by atoms with van der Waals surface area (Å²) in [6.45, 7) is 6.39. The van der Waals surface area contributed by atoms with Gasteiger partial charge in [0.05, 0.1) is 5.54 Å². The van der Waals surface area contributed by atoms with Crippen LogP contribution in [0.25, 0.3) is 22.5 Å². The lowest BCUT2D eigenvalue weighted by Gasteiger charge is -2.21. The maximum absolute atomic E-state index is 4.98. The van der Waals surface area contributed by atoms with Gasteiger partial charge in [0.1, 0.15) is 5.82 Å². The number of nitrogens with one attached hydrogen (secondary N) is 1. The molecule has 4 aromatic rings. The van der Waals surface area contributed by atoms with Crippen molar-refractivity contribution in [1.82, 2.24) is 35.4 Å². The number of hydrogen-bond acceptors (Lipinski definition) is 6. The Morgan fingerprint density at radius 3 is 2.40 bits per heavy atom. The van der Waals surface area contributed by atoms with Gasteiger partial charge in [-0.25, -0.2) is 9.67 Å². The van der Waals surface area contributed by atoms with Gasteiger partial charge in [-0.15, -0.1) is 10.2 Å². The number of rotatable bonds is 6. The number of aromatic nitrogens is 7. The molecule has 152 valence electrons. The lowest BCUT2D eigenvalue weighted by atomic mass is 9.97. The van der Waals surface area contributed by atoms with E-state index in [0.29, 0.717) is 18.7 Å². The quantitative estimate of drug-likeness (QED) is 0.477. The van der Waals surface area contributed by atoms with Crippen LogP contribution in [0.2, 0.25) is 0 Å². The molecule has 4 rings (SSSR count). The number of H-pyrrole nitrogens is 1. The first kappa shape index (κ1) is 20.0. The molecule has 0 aliphatic carbocycles. The number of thiocarbonyl (C=S) groups is 1. The van der Waals surface area contributed by atoms with Crippen LogP contribution in [-0.2, 0) is 18.4 Å². The molecule has 0 aliphatic rings. The summed E-state index contributed by atoms with van der Waals surface area (Å²) >= 11 is 4.98. The SMILES string of the molecule is CC(C)(C)n1nc(CC=S)nc1Cc1ccc(-c2ccccc2-c2nn[nH]n2)cc1. The number of hydrogen-bond donors (Lipinski definition) is 1. The highest BCUT2D eigenvalue weighted by Crippen LogP contribution is 2.30. The highest BCUT2D eigenvalue weighted by molar-refractivity contribution is 7.78. The highest BCUT2D eigenvalue weighted by Gasteiger charge is 2.21. The number of aromatic amines is 1. The summed E-state index contributed by atoms with van der Waals surface area (Å²) in [5.74, 6) is 2.29. The second kappa shape index (κ2) is 8.23. The predicted octanol–water partition coefficient (Wildman–Crippen LogP) is 4.01. The van der Waals surface area contributed by atoms with Crippen molar-refractivity contribution in [3.63, 3.8) is 0 Å². The fourth-order valence-electron chi connectivity index (χ4n) is 3.39.